The van der Waals surface area contributed by atoms with Crippen molar-refractivity contribution in [2.24, 2.45) is 0 Å². The predicted octanol–water partition coefficient (Wildman–Crippen LogP) is 4.67. The average molecular weight is 323 g/mol. The van der Waals surface area contributed by atoms with Crippen LogP contribution in [0, 0.1) is 13.8 Å². The fraction of sp³-hybridized carbons (Fsp3) is 0.250. The number of amides is 1. The van der Waals surface area contributed by atoms with Gasteiger partial charge in [0.25, 0.3) is 5.91 Å². The summed E-state index contributed by atoms with van der Waals surface area (Å²) < 4.78 is 0. The molecule has 5 heteroatoms. The number of hydrogen-bond acceptors (Lipinski definition) is 2. The number of anilines is 1. The lowest BCUT2D eigenvalue weighted by Gasteiger charge is -2.23. The van der Waals surface area contributed by atoms with E-state index < -0.39 is 0 Å². The maximum atomic E-state index is 12.8. The first kappa shape index (κ1) is 15.8. The number of pyridine rings is 1. The van der Waals surface area contributed by atoms with E-state index in [1.54, 1.807) is 18.7 Å². The van der Waals surface area contributed by atoms with Gasteiger partial charge in [0.05, 0.1) is 16.3 Å². The lowest BCUT2D eigenvalue weighted by Crippen LogP contribution is -2.31. The molecule has 1 amide bonds. The second kappa shape index (κ2) is 6.46. The highest BCUT2D eigenvalue weighted by atomic mass is 35.5. The summed E-state index contributed by atoms with van der Waals surface area (Å²) in [4.78, 5) is 18.6. The number of nitrogens with zero attached hydrogens (tertiary/aromatic N) is 2. The van der Waals surface area contributed by atoms with Crippen molar-refractivity contribution in [3.8, 4) is 0 Å². The Bertz CT molecular complexity index is 672. The van der Waals surface area contributed by atoms with Crippen LogP contribution in [0.1, 0.15) is 28.5 Å². The summed E-state index contributed by atoms with van der Waals surface area (Å²) in [5.41, 5.74) is 2.46. The third-order valence-electron chi connectivity index (χ3n) is 3.34. The molecule has 0 atom stereocenters. The van der Waals surface area contributed by atoms with Crippen molar-refractivity contribution in [1.29, 1.82) is 0 Å². The molecule has 1 aromatic heterocycles. The first-order valence-corrected chi connectivity index (χ1v) is 7.42. The van der Waals surface area contributed by atoms with Gasteiger partial charge in [-0.1, -0.05) is 41.4 Å². The standard InChI is InChI=1S/C16H16Cl2N2O/c1-4-20(12-8-6-5-7-9-12)16(21)13-10(2)14(17)11(3)19-15(13)18/h5-9H,4H2,1-3H3. The molecule has 0 radical (unpaired) electrons. The Morgan fingerprint density at radius 1 is 1.19 bits per heavy atom. The zero-order valence-corrected chi connectivity index (χ0v) is 13.7. The Balaban J connectivity index is 2.51. The lowest BCUT2D eigenvalue weighted by atomic mass is 10.1. The molecule has 3 nitrogen and oxygen atoms in total. The van der Waals surface area contributed by atoms with E-state index in [-0.39, 0.29) is 11.1 Å². The molecule has 0 aliphatic carbocycles. The van der Waals surface area contributed by atoms with E-state index in [0.29, 0.717) is 28.4 Å². The van der Waals surface area contributed by atoms with Crippen LogP contribution >= 0.6 is 23.2 Å². The minimum atomic E-state index is -0.194. The Labute approximate surface area is 134 Å². The molecule has 0 saturated heterocycles. The number of hydrogen-bond donors (Lipinski definition) is 0. The third-order valence-corrected chi connectivity index (χ3v) is 4.17. The minimum Gasteiger partial charge on any atom is -0.309 e. The summed E-state index contributed by atoms with van der Waals surface area (Å²) in [6, 6.07) is 9.45. The number of rotatable bonds is 3. The van der Waals surface area contributed by atoms with E-state index in [1.165, 1.54) is 0 Å². The molecule has 0 fully saturated rings. The Morgan fingerprint density at radius 2 is 1.81 bits per heavy atom. The molecule has 2 rings (SSSR count). The van der Waals surface area contributed by atoms with Gasteiger partial charge in [-0.25, -0.2) is 4.98 Å². The maximum Gasteiger partial charge on any atom is 0.261 e. The van der Waals surface area contributed by atoms with Crippen LogP contribution in [-0.4, -0.2) is 17.4 Å². The second-order valence-electron chi connectivity index (χ2n) is 4.69. The van der Waals surface area contributed by atoms with Crippen molar-refractivity contribution in [3.05, 3.63) is 57.3 Å². The topological polar surface area (TPSA) is 33.2 Å². The van der Waals surface area contributed by atoms with Gasteiger partial charge in [-0.3, -0.25) is 4.79 Å². The van der Waals surface area contributed by atoms with E-state index in [0.717, 1.165) is 5.69 Å². The SMILES string of the molecule is CCN(C(=O)c1c(Cl)nc(C)c(Cl)c1C)c1ccccc1. The minimum absolute atomic E-state index is 0.189. The van der Waals surface area contributed by atoms with Crippen molar-refractivity contribution in [1.82, 2.24) is 4.98 Å². The van der Waals surface area contributed by atoms with Crippen LogP contribution in [0.3, 0.4) is 0 Å². The van der Waals surface area contributed by atoms with E-state index in [4.69, 9.17) is 23.2 Å². The quantitative estimate of drug-likeness (QED) is 0.769. The van der Waals surface area contributed by atoms with Gasteiger partial charge < -0.3 is 4.90 Å². The Hall–Kier alpha value is -1.58. The number of halogens is 2. The number of carbonyl (C=O) groups is 1. The Morgan fingerprint density at radius 3 is 2.38 bits per heavy atom. The smallest absolute Gasteiger partial charge is 0.261 e. The molecular formula is C16H16Cl2N2O. The van der Waals surface area contributed by atoms with Gasteiger partial charge in [0.15, 0.2) is 0 Å². The average Bonchev–Trinajstić information content (AvgIpc) is 2.47. The largest absolute Gasteiger partial charge is 0.309 e. The van der Waals surface area contributed by atoms with Crippen molar-refractivity contribution in [3.63, 3.8) is 0 Å². The third kappa shape index (κ3) is 3.04. The summed E-state index contributed by atoms with van der Waals surface area (Å²) >= 11 is 12.4. The van der Waals surface area contributed by atoms with Crippen LogP contribution in [0.4, 0.5) is 5.69 Å². The number of para-hydroxylation sites is 1. The van der Waals surface area contributed by atoms with Gasteiger partial charge in [0.2, 0.25) is 0 Å². The molecule has 21 heavy (non-hydrogen) atoms. The zero-order valence-electron chi connectivity index (χ0n) is 12.2. The fourth-order valence-electron chi connectivity index (χ4n) is 2.22. The molecule has 0 saturated carbocycles. The van der Waals surface area contributed by atoms with E-state index in [1.807, 2.05) is 37.3 Å². The van der Waals surface area contributed by atoms with Gasteiger partial charge in [0.1, 0.15) is 5.15 Å². The maximum absolute atomic E-state index is 12.8. The van der Waals surface area contributed by atoms with Crippen LogP contribution in [0.2, 0.25) is 10.2 Å². The van der Waals surface area contributed by atoms with Gasteiger partial charge in [-0.2, -0.15) is 0 Å². The van der Waals surface area contributed by atoms with Crippen LogP contribution in [0.15, 0.2) is 30.3 Å². The fourth-order valence-corrected chi connectivity index (χ4v) is 2.71. The molecule has 0 aliphatic heterocycles. The summed E-state index contributed by atoms with van der Waals surface area (Å²) in [6.07, 6.45) is 0. The molecule has 0 unspecified atom stereocenters. The van der Waals surface area contributed by atoms with Crippen LogP contribution < -0.4 is 4.90 Å². The summed E-state index contributed by atoms with van der Waals surface area (Å²) in [5.74, 6) is -0.194. The highest BCUT2D eigenvalue weighted by Gasteiger charge is 2.23. The van der Waals surface area contributed by atoms with E-state index in [9.17, 15) is 4.79 Å². The predicted molar refractivity (Wildman–Crippen MR) is 87.5 cm³/mol. The normalized spacial score (nSPS) is 10.5. The van der Waals surface area contributed by atoms with Crippen molar-refractivity contribution < 1.29 is 4.79 Å². The number of aromatic nitrogens is 1. The lowest BCUT2D eigenvalue weighted by molar-refractivity contribution is 0.0987. The number of aryl methyl sites for hydroxylation is 1. The molecule has 2 aromatic rings. The van der Waals surface area contributed by atoms with Crippen molar-refractivity contribution >= 4 is 34.8 Å². The zero-order chi connectivity index (χ0) is 15.6. The van der Waals surface area contributed by atoms with Gasteiger partial charge in [-0.05, 0) is 38.5 Å². The number of benzene rings is 1. The molecule has 1 heterocycles. The van der Waals surface area contributed by atoms with Crippen LogP contribution in [0.5, 0.6) is 0 Å². The molecule has 110 valence electrons. The van der Waals surface area contributed by atoms with Crippen molar-refractivity contribution in [2.45, 2.75) is 20.8 Å². The Kier molecular flexibility index (Phi) is 4.86. The molecular weight excluding hydrogens is 307 g/mol. The highest BCUT2D eigenvalue weighted by molar-refractivity contribution is 6.36. The molecule has 0 spiro atoms. The van der Waals surface area contributed by atoms with E-state index in [2.05, 4.69) is 4.98 Å². The number of carbonyl (C=O) groups excluding carboxylic acids is 1. The summed E-state index contributed by atoms with van der Waals surface area (Å²) in [5, 5.41) is 0.667. The van der Waals surface area contributed by atoms with E-state index >= 15 is 0 Å². The summed E-state index contributed by atoms with van der Waals surface area (Å²) in [6.45, 7) is 6.00. The monoisotopic (exact) mass is 322 g/mol. The first-order chi connectivity index (χ1) is 9.97. The van der Waals surface area contributed by atoms with Crippen molar-refractivity contribution in [2.75, 3.05) is 11.4 Å². The molecule has 0 bridgehead atoms. The second-order valence-corrected chi connectivity index (χ2v) is 5.42. The van der Waals surface area contributed by atoms with Crippen LogP contribution in [-0.2, 0) is 0 Å². The van der Waals surface area contributed by atoms with Gasteiger partial charge >= 0.3 is 0 Å². The molecule has 0 N–H and O–H groups in total. The first-order valence-electron chi connectivity index (χ1n) is 6.66. The molecule has 1 aromatic carbocycles. The summed E-state index contributed by atoms with van der Waals surface area (Å²) in [7, 11) is 0. The van der Waals surface area contributed by atoms with Gasteiger partial charge in [-0.15, -0.1) is 0 Å². The van der Waals surface area contributed by atoms with Crippen LogP contribution in [0.25, 0.3) is 0 Å². The highest BCUT2D eigenvalue weighted by Crippen LogP contribution is 2.29. The molecule has 0 aliphatic rings. The van der Waals surface area contributed by atoms with Gasteiger partial charge in [0, 0.05) is 12.2 Å².